The highest BCUT2D eigenvalue weighted by Gasteiger charge is 2.12. The largest absolute Gasteiger partial charge is 0.493 e. The number of carbonyl (C=O) groups is 1. The Bertz CT molecular complexity index is 610. The Balaban J connectivity index is 1.92. The average Bonchev–Trinajstić information content (AvgIpc) is 2.82. The second-order valence-electron chi connectivity index (χ2n) is 4.45. The minimum Gasteiger partial charge on any atom is -0.493 e. The molecule has 0 spiro atoms. The molecule has 0 bridgehead atoms. The van der Waals surface area contributed by atoms with E-state index in [0.29, 0.717) is 18.8 Å². The van der Waals surface area contributed by atoms with Crippen LogP contribution in [-0.4, -0.2) is 22.7 Å². The summed E-state index contributed by atoms with van der Waals surface area (Å²) in [5, 5.41) is 9.73. The molecule has 1 aromatic carbocycles. The topological polar surface area (TPSA) is 59.4 Å². The molecule has 1 aromatic heterocycles. The van der Waals surface area contributed by atoms with Crippen molar-refractivity contribution in [1.82, 2.24) is 4.98 Å². The number of aliphatic carboxylic acids is 1. The molecular weight excluding hydrogens is 293 g/mol. The summed E-state index contributed by atoms with van der Waals surface area (Å²) in [6, 6.07) is 5.84. The molecule has 0 radical (unpaired) electrons. The van der Waals surface area contributed by atoms with Crippen molar-refractivity contribution in [3.8, 4) is 5.75 Å². The van der Waals surface area contributed by atoms with Crippen molar-refractivity contribution in [3.05, 3.63) is 45.7 Å². The van der Waals surface area contributed by atoms with E-state index in [-0.39, 0.29) is 12.2 Å². The fourth-order valence-electron chi connectivity index (χ4n) is 1.88. The Kier molecular flexibility index (Phi) is 5.27. The summed E-state index contributed by atoms with van der Waals surface area (Å²) in [4.78, 5) is 16.0. The number of ether oxygens (including phenoxy) is 1. The number of thiazole rings is 1. The van der Waals surface area contributed by atoms with Gasteiger partial charge >= 0.3 is 5.97 Å². The summed E-state index contributed by atoms with van der Waals surface area (Å²) in [5.74, 6) is -0.537. The lowest BCUT2D eigenvalue weighted by Crippen LogP contribution is -2.01. The summed E-state index contributed by atoms with van der Waals surface area (Å²) in [6.07, 6.45) is 1.34. The van der Waals surface area contributed by atoms with Crippen LogP contribution in [0.4, 0.5) is 4.39 Å². The first-order chi connectivity index (χ1) is 10.1. The third-order valence-electron chi connectivity index (χ3n) is 2.87. The lowest BCUT2D eigenvalue weighted by atomic mass is 10.2. The number of rotatable bonds is 7. The molecule has 0 unspecified atom stereocenters. The van der Waals surface area contributed by atoms with Gasteiger partial charge in [0.1, 0.15) is 11.6 Å². The van der Waals surface area contributed by atoms with Crippen molar-refractivity contribution in [2.75, 3.05) is 6.61 Å². The predicted octanol–water partition coefficient (Wildman–Crippen LogP) is 3.09. The highest BCUT2D eigenvalue weighted by Crippen LogP contribution is 2.21. The van der Waals surface area contributed by atoms with Gasteiger partial charge in [-0.25, -0.2) is 9.37 Å². The summed E-state index contributed by atoms with van der Waals surface area (Å²) in [6.45, 7) is 2.38. The molecule has 0 atom stereocenters. The maximum atomic E-state index is 12.8. The van der Waals surface area contributed by atoms with Gasteiger partial charge in [-0.05, 0) is 30.7 Å². The predicted molar refractivity (Wildman–Crippen MR) is 78.4 cm³/mol. The molecule has 2 rings (SSSR count). The van der Waals surface area contributed by atoms with E-state index in [1.807, 2.05) is 6.92 Å². The highest BCUT2D eigenvalue weighted by molar-refractivity contribution is 7.11. The molecule has 0 saturated heterocycles. The van der Waals surface area contributed by atoms with Gasteiger partial charge in [-0.3, -0.25) is 4.79 Å². The van der Waals surface area contributed by atoms with Gasteiger partial charge in [-0.1, -0.05) is 6.92 Å². The molecule has 0 fully saturated rings. The van der Waals surface area contributed by atoms with Crippen LogP contribution in [0.25, 0.3) is 0 Å². The molecule has 0 saturated carbocycles. The normalized spacial score (nSPS) is 10.6. The van der Waals surface area contributed by atoms with Crippen molar-refractivity contribution in [2.24, 2.45) is 0 Å². The fourth-order valence-corrected chi connectivity index (χ4v) is 3.01. The van der Waals surface area contributed by atoms with Crippen LogP contribution in [0.3, 0.4) is 0 Å². The van der Waals surface area contributed by atoms with Gasteiger partial charge < -0.3 is 9.84 Å². The number of benzene rings is 1. The first-order valence-corrected chi connectivity index (χ1v) is 7.47. The second-order valence-corrected chi connectivity index (χ2v) is 5.62. The van der Waals surface area contributed by atoms with Crippen molar-refractivity contribution in [2.45, 2.75) is 26.2 Å². The Morgan fingerprint density at radius 2 is 2.10 bits per heavy atom. The lowest BCUT2D eigenvalue weighted by molar-refractivity contribution is -0.136. The number of halogens is 1. The first kappa shape index (κ1) is 15.4. The number of carboxylic acid groups (broad SMARTS) is 1. The molecule has 0 amide bonds. The Morgan fingerprint density at radius 3 is 2.71 bits per heavy atom. The van der Waals surface area contributed by atoms with Crippen LogP contribution in [0, 0.1) is 5.82 Å². The van der Waals surface area contributed by atoms with Gasteiger partial charge in [-0.2, -0.15) is 0 Å². The molecule has 21 heavy (non-hydrogen) atoms. The number of hydrogen-bond acceptors (Lipinski definition) is 4. The van der Waals surface area contributed by atoms with E-state index in [1.54, 1.807) is 12.1 Å². The van der Waals surface area contributed by atoms with Crippen LogP contribution < -0.4 is 4.74 Å². The van der Waals surface area contributed by atoms with E-state index in [9.17, 15) is 9.18 Å². The zero-order chi connectivity index (χ0) is 15.2. The van der Waals surface area contributed by atoms with Crippen molar-refractivity contribution >= 4 is 17.3 Å². The van der Waals surface area contributed by atoms with Gasteiger partial charge in [0.15, 0.2) is 0 Å². The fraction of sp³-hybridized carbons (Fsp3) is 0.333. The van der Waals surface area contributed by atoms with Crippen molar-refractivity contribution in [3.63, 3.8) is 0 Å². The summed E-state index contributed by atoms with van der Waals surface area (Å²) in [7, 11) is 0. The van der Waals surface area contributed by atoms with Crippen LogP contribution in [0.15, 0.2) is 24.3 Å². The molecule has 1 heterocycles. The van der Waals surface area contributed by atoms with Crippen LogP contribution in [0.5, 0.6) is 5.75 Å². The SMILES string of the molecule is CCc1nc(CCOc2ccc(F)cc2)sc1CC(=O)O. The molecule has 2 aromatic rings. The molecule has 0 aliphatic heterocycles. The minimum absolute atomic E-state index is 0.0136. The maximum absolute atomic E-state index is 12.8. The number of hydrogen-bond donors (Lipinski definition) is 1. The quantitative estimate of drug-likeness (QED) is 0.854. The molecule has 1 N–H and O–H groups in total. The number of carboxylic acids is 1. The summed E-state index contributed by atoms with van der Waals surface area (Å²) >= 11 is 1.42. The Labute approximate surface area is 126 Å². The zero-order valence-electron chi connectivity index (χ0n) is 11.6. The number of aryl methyl sites for hydroxylation is 1. The molecule has 6 heteroatoms. The Morgan fingerprint density at radius 1 is 1.38 bits per heavy atom. The van der Waals surface area contributed by atoms with E-state index in [2.05, 4.69) is 4.98 Å². The van der Waals surface area contributed by atoms with Crippen LogP contribution in [-0.2, 0) is 24.1 Å². The van der Waals surface area contributed by atoms with Gasteiger partial charge in [-0.15, -0.1) is 11.3 Å². The number of nitrogens with zero attached hydrogens (tertiary/aromatic N) is 1. The average molecular weight is 309 g/mol. The molecule has 4 nitrogen and oxygen atoms in total. The van der Waals surface area contributed by atoms with E-state index in [0.717, 1.165) is 22.0 Å². The second kappa shape index (κ2) is 7.17. The van der Waals surface area contributed by atoms with Gasteiger partial charge in [0.05, 0.1) is 23.7 Å². The zero-order valence-corrected chi connectivity index (χ0v) is 12.5. The monoisotopic (exact) mass is 309 g/mol. The van der Waals surface area contributed by atoms with E-state index in [4.69, 9.17) is 9.84 Å². The third kappa shape index (κ3) is 4.53. The van der Waals surface area contributed by atoms with Gasteiger partial charge in [0.25, 0.3) is 0 Å². The molecular formula is C15H16FNO3S. The minimum atomic E-state index is -0.845. The highest BCUT2D eigenvalue weighted by atomic mass is 32.1. The van der Waals surface area contributed by atoms with Crippen molar-refractivity contribution < 1.29 is 19.0 Å². The summed E-state index contributed by atoms with van der Waals surface area (Å²) in [5.41, 5.74) is 0.846. The van der Waals surface area contributed by atoms with Crippen LogP contribution in [0.2, 0.25) is 0 Å². The van der Waals surface area contributed by atoms with Gasteiger partial charge in [0.2, 0.25) is 0 Å². The first-order valence-electron chi connectivity index (χ1n) is 6.66. The third-order valence-corrected chi connectivity index (χ3v) is 4.02. The standard InChI is InChI=1S/C15H16FNO3S/c1-2-12-13(9-15(18)19)21-14(17-12)7-8-20-11-5-3-10(16)4-6-11/h3-6H,2,7-9H2,1H3,(H,18,19). The van der Waals surface area contributed by atoms with E-state index < -0.39 is 5.97 Å². The lowest BCUT2D eigenvalue weighted by Gasteiger charge is -2.04. The Hall–Kier alpha value is -1.95. The molecule has 0 aliphatic carbocycles. The summed E-state index contributed by atoms with van der Waals surface area (Å²) < 4.78 is 18.3. The van der Waals surface area contributed by atoms with Crippen molar-refractivity contribution in [1.29, 1.82) is 0 Å². The van der Waals surface area contributed by atoms with Crippen LogP contribution >= 0.6 is 11.3 Å². The van der Waals surface area contributed by atoms with E-state index >= 15 is 0 Å². The molecule has 0 aliphatic rings. The smallest absolute Gasteiger partial charge is 0.308 e. The maximum Gasteiger partial charge on any atom is 0.308 e. The van der Waals surface area contributed by atoms with Gasteiger partial charge in [0, 0.05) is 11.3 Å². The number of aromatic nitrogens is 1. The van der Waals surface area contributed by atoms with E-state index in [1.165, 1.54) is 23.5 Å². The van der Waals surface area contributed by atoms with Crippen LogP contribution in [0.1, 0.15) is 22.5 Å². The molecule has 112 valence electrons.